The van der Waals surface area contributed by atoms with Crippen LogP contribution in [0, 0.1) is 0 Å². The number of hydrogen-bond donors (Lipinski definition) is 0. The SMILES string of the molecule is CCCCC(C)(OC)C(=O)CC(=O)c1ccccc1. The molecule has 0 amide bonds. The molecular weight excluding hydrogens is 240 g/mol. The van der Waals surface area contributed by atoms with Gasteiger partial charge in [-0.15, -0.1) is 0 Å². The maximum atomic E-state index is 12.2. The fourth-order valence-electron chi connectivity index (χ4n) is 1.93. The van der Waals surface area contributed by atoms with Gasteiger partial charge in [-0.1, -0.05) is 50.1 Å². The molecular formula is C16H22O3. The van der Waals surface area contributed by atoms with Crippen LogP contribution in [0.1, 0.15) is 49.9 Å². The third kappa shape index (κ3) is 4.28. The third-order valence-electron chi connectivity index (χ3n) is 3.46. The topological polar surface area (TPSA) is 43.4 Å². The maximum Gasteiger partial charge on any atom is 0.172 e. The van der Waals surface area contributed by atoms with Crippen molar-refractivity contribution in [2.45, 2.75) is 45.1 Å². The van der Waals surface area contributed by atoms with Crippen LogP contribution in [0.15, 0.2) is 30.3 Å². The minimum atomic E-state index is -0.847. The minimum absolute atomic E-state index is 0.0991. The van der Waals surface area contributed by atoms with Crippen molar-refractivity contribution in [2.24, 2.45) is 0 Å². The van der Waals surface area contributed by atoms with Crippen LogP contribution in [0.3, 0.4) is 0 Å². The predicted octanol–water partition coefficient (Wildman–Crippen LogP) is 3.42. The van der Waals surface area contributed by atoms with E-state index in [1.54, 1.807) is 31.2 Å². The van der Waals surface area contributed by atoms with Gasteiger partial charge in [0.05, 0.1) is 6.42 Å². The van der Waals surface area contributed by atoms with Gasteiger partial charge >= 0.3 is 0 Å². The van der Waals surface area contributed by atoms with Crippen LogP contribution >= 0.6 is 0 Å². The van der Waals surface area contributed by atoms with E-state index in [-0.39, 0.29) is 18.0 Å². The van der Waals surface area contributed by atoms with Crippen molar-refractivity contribution < 1.29 is 14.3 Å². The Bertz CT molecular complexity index is 425. The molecule has 1 atom stereocenters. The van der Waals surface area contributed by atoms with Crippen molar-refractivity contribution in [3.63, 3.8) is 0 Å². The Morgan fingerprint density at radius 2 is 1.84 bits per heavy atom. The molecule has 0 saturated heterocycles. The molecule has 0 radical (unpaired) electrons. The first-order valence-electron chi connectivity index (χ1n) is 6.70. The van der Waals surface area contributed by atoms with E-state index in [9.17, 15) is 9.59 Å². The van der Waals surface area contributed by atoms with E-state index in [1.807, 2.05) is 6.07 Å². The highest BCUT2D eigenvalue weighted by molar-refractivity contribution is 6.10. The summed E-state index contributed by atoms with van der Waals surface area (Å²) in [7, 11) is 1.53. The number of carbonyl (C=O) groups is 2. The Labute approximate surface area is 115 Å². The van der Waals surface area contributed by atoms with Gasteiger partial charge < -0.3 is 4.74 Å². The Balaban J connectivity index is 2.70. The van der Waals surface area contributed by atoms with Gasteiger partial charge in [0.2, 0.25) is 0 Å². The summed E-state index contributed by atoms with van der Waals surface area (Å²) in [5, 5.41) is 0. The van der Waals surface area contributed by atoms with Crippen LogP contribution in [0.25, 0.3) is 0 Å². The molecule has 1 aromatic rings. The molecule has 0 spiro atoms. The summed E-state index contributed by atoms with van der Waals surface area (Å²) in [6.45, 7) is 3.83. The van der Waals surface area contributed by atoms with Gasteiger partial charge in [-0.2, -0.15) is 0 Å². The number of Topliss-reactive ketones (excluding diaryl/α,β-unsaturated/α-hetero) is 2. The predicted molar refractivity (Wildman–Crippen MR) is 75.3 cm³/mol. The van der Waals surface area contributed by atoms with E-state index in [4.69, 9.17) is 4.74 Å². The second-order valence-electron chi connectivity index (χ2n) is 4.93. The van der Waals surface area contributed by atoms with E-state index < -0.39 is 5.60 Å². The van der Waals surface area contributed by atoms with Crippen molar-refractivity contribution in [1.29, 1.82) is 0 Å². The van der Waals surface area contributed by atoms with Crippen LogP contribution in [0.2, 0.25) is 0 Å². The van der Waals surface area contributed by atoms with Gasteiger partial charge in [0.1, 0.15) is 5.60 Å². The first-order chi connectivity index (χ1) is 9.03. The van der Waals surface area contributed by atoms with Crippen molar-refractivity contribution >= 4 is 11.6 Å². The lowest BCUT2D eigenvalue weighted by Gasteiger charge is -2.26. The number of ether oxygens (including phenoxy) is 1. The van der Waals surface area contributed by atoms with Gasteiger partial charge in [-0.05, 0) is 13.3 Å². The Morgan fingerprint density at radius 3 is 2.37 bits per heavy atom. The summed E-state index contributed by atoms with van der Waals surface area (Å²) < 4.78 is 5.34. The molecule has 0 bridgehead atoms. The lowest BCUT2D eigenvalue weighted by molar-refractivity contribution is -0.139. The molecule has 0 aliphatic carbocycles. The van der Waals surface area contributed by atoms with E-state index in [2.05, 4.69) is 6.92 Å². The van der Waals surface area contributed by atoms with Gasteiger partial charge in [0.15, 0.2) is 11.6 Å². The summed E-state index contributed by atoms with van der Waals surface area (Å²) in [5.74, 6) is -0.289. The van der Waals surface area contributed by atoms with Crippen LogP contribution in [-0.2, 0) is 9.53 Å². The number of hydrogen-bond acceptors (Lipinski definition) is 3. The summed E-state index contributed by atoms with van der Waals surface area (Å²) >= 11 is 0. The summed E-state index contributed by atoms with van der Waals surface area (Å²) in [6, 6.07) is 8.89. The average Bonchev–Trinajstić information content (AvgIpc) is 2.45. The van der Waals surface area contributed by atoms with E-state index in [1.165, 1.54) is 7.11 Å². The maximum absolute atomic E-state index is 12.2. The van der Waals surface area contributed by atoms with E-state index in [0.29, 0.717) is 12.0 Å². The Morgan fingerprint density at radius 1 is 1.21 bits per heavy atom. The number of benzene rings is 1. The van der Waals surface area contributed by atoms with Gasteiger partial charge in [0.25, 0.3) is 0 Å². The number of rotatable bonds is 8. The molecule has 1 rings (SSSR count). The van der Waals surface area contributed by atoms with Gasteiger partial charge in [-0.3, -0.25) is 9.59 Å². The quantitative estimate of drug-likeness (QED) is 0.532. The highest BCUT2D eigenvalue weighted by atomic mass is 16.5. The number of unbranched alkanes of at least 4 members (excludes halogenated alkanes) is 1. The standard InChI is InChI=1S/C16H22O3/c1-4-5-11-16(2,19-3)15(18)12-14(17)13-9-7-6-8-10-13/h6-10H,4-5,11-12H2,1-3H3. The van der Waals surface area contributed by atoms with Crippen LogP contribution in [-0.4, -0.2) is 24.3 Å². The lowest BCUT2D eigenvalue weighted by atomic mass is 9.90. The van der Waals surface area contributed by atoms with Crippen molar-refractivity contribution in [2.75, 3.05) is 7.11 Å². The molecule has 0 aromatic heterocycles. The number of methoxy groups -OCH3 is 1. The van der Waals surface area contributed by atoms with Crippen LogP contribution < -0.4 is 0 Å². The lowest BCUT2D eigenvalue weighted by Crippen LogP contribution is -2.38. The molecule has 0 saturated carbocycles. The number of carbonyl (C=O) groups excluding carboxylic acids is 2. The molecule has 3 heteroatoms. The summed E-state index contributed by atoms with van der Waals surface area (Å²) in [5.41, 5.74) is -0.273. The fourth-order valence-corrected chi connectivity index (χ4v) is 1.93. The zero-order valence-electron chi connectivity index (χ0n) is 11.9. The van der Waals surface area contributed by atoms with Gasteiger partial charge in [-0.25, -0.2) is 0 Å². The molecule has 0 heterocycles. The monoisotopic (exact) mass is 262 g/mol. The molecule has 19 heavy (non-hydrogen) atoms. The molecule has 0 fully saturated rings. The minimum Gasteiger partial charge on any atom is -0.371 e. The molecule has 3 nitrogen and oxygen atoms in total. The highest BCUT2D eigenvalue weighted by Gasteiger charge is 2.33. The fraction of sp³-hybridized carbons (Fsp3) is 0.500. The first-order valence-corrected chi connectivity index (χ1v) is 6.70. The van der Waals surface area contributed by atoms with E-state index in [0.717, 1.165) is 12.8 Å². The van der Waals surface area contributed by atoms with Crippen molar-refractivity contribution in [1.82, 2.24) is 0 Å². The molecule has 0 aliphatic rings. The van der Waals surface area contributed by atoms with Crippen molar-refractivity contribution in [3.8, 4) is 0 Å². The second kappa shape index (κ2) is 7.19. The zero-order chi connectivity index (χ0) is 14.3. The smallest absolute Gasteiger partial charge is 0.172 e. The summed E-state index contributed by atoms with van der Waals surface area (Å²) in [6.07, 6.45) is 2.47. The largest absolute Gasteiger partial charge is 0.371 e. The average molecular weight is 262 g/mol. The number of ketones is 2. The summed E-state index contributed by atoms with van der Waals surface area (Å²) in [4.78, 5) is 24.3. The van der Waals surface area contributed by atoms with Crippen molar-refractivity contribution in [3.05, 3.63) is 35.9 Å². The second-order valence-corrected chi connectivity index (χ2v) is 4.93. The molecule has 1 unspecified atom stereocenters. The zero-order valence-corrected chi connectivity index (χ0v) is 11.9. The van der Waals surface area contributed by atoms with Gasteiger partial charge in [0, 0.05) is 12.7 Å². The normalized spacial score (nSPS) is 13.8. The van der Waals surface area contributed by atoms with Crippen LogP contribution in [0.4, 0.5) is 0 Å². The molecule has 0 aliphatic heterocycles. The highest BCUT2D eigenvalue weighted by Crippen LogP contribution is 2.21. The van der Waals surface area contributed by atoms with Crippen LogP contribution in [0.5, 0.6) is 0 Å². The Kier molecular flexibility index (Phi) is 5.90. The molecule has 1 aromatic carbocycles. The third-order valence-corrected chi connectivity index (χ3v) is 3.46. The molecule has 0 N–H and O–H groups in total. The van der Waals surface area contributed by atoms with E-state index >= 15 is 0 Å². The Hall–Kier alpha value is -1.48. The first kappa shape index (κ1) is 15.6. The molecule has 104 valence electrons.